The number of aromatic nitrogens is 4. The zero-order chi connectivity index (χ0) is 16.5. The summed E-state index contributed by atoms with van der Waals surface area (Å²) in [5.74, 6) is 2.50. The monoisotopic (exact) mass is 331 g/mol. The molecule has 2 aliphatic heterocycles. The van der Waals surface area contributed by atoms with Gasteiger partial charge in [-0.2, -0.15) is 10.1 Å². The minimum Gasteiger partial charge on any atom is -0.372 e. The van der Waals surface area contributed by atoms with Crippen LogP contribution >= 0.6 is 0 Å². The fraction of sp³-hybridized carbons (Fsp3) is 0.706. The van der Waals surface area contributed by atoms with Crippen LogP contribution in [0.5, 0.6) is 0 Å². The molecule has 2 atom stereocenters. The smallest absolute Gasteiger partial charge is 0.229 e. The average molecular weight is 331 g/mol. The first-order valence-corrected chi connectivity index (χ1v) is 8.83. The summed E-state index contributed by atoms with van der Waals surface area (Å²) in [6.45, 7) is 5.98. The van der Waals surface area contributed by atoms with Gasteiger partial charge in [0.25, 0.3) is 0 Å². The van der Waals surface area contributed by atoms with Crippen LogP contribution in [0.2, 0.25) is 0 Å². The Morgan fingerprint density at radius 3 is 2.75 bits per heavy atom. The summed E-state index contributed by atoms with van der Waals surface area (Å²) >= 11 is 0. The predicted molar refractivity (Wildman–Crippen MR) is 87.5 cm³/mol. The topological polar surface area (TPSA) is 69.2 Å². The third-order valence-corrected chi connectivity index (χ3v) is 5.34. The molecule has 0 aromatic carbocycles. The van der Waals surface area contributed by atoms with Gasteiger partial charge >= 0.3 is 0 Å². The van der Waals surface area contributed by atoms with Crippen molar-refractivity contribution in [1.29, 1.82) is 0 Å². The van der Waals surface area contributed by atoms with Gasteiger partial charge in [-0.3, -0.25) is 4.68 Å². The Labute approximate surface area is 142 Å². The molecule has 2 aliphatic rings. The number of ether oxygens (including phenoxy) is 1. The van der Waals surface area contributed by atoms with Gasteiger partial charge in [-0.15, -0.1) is 0 Å². The van der Waals surface area contributed by atoms with Crippen molar-refractivity contribution in [3.8, 4) is 0 Å². The first-order chi connectivity index (χ1) is 11.7. The van der Waals surface area contributed by atoms with E-state index in [0.29, 0.717) is 11.8 Å². The van der Waals surface area contributed by atoms with Crippen LogP contribution in [-0.4, -0.2) is 51.1 Å². The van der Waals surface area contributed by atoms with Crippen LogP contribution in [0.1, 0.15) is 48.7 Å². The molecule has 2 fully saturated rings. The maximum atomic E-state index is 6.00. The van der Waals surface area contributed by atoms with Crippen LogP contribution in [0.4, 0.5) is 0 Å². The molecular formula is C17H25N5O2. The maximum Gasteiger partial charge on any atom is 0.229 e. The summed E-state index contributed by atoms with van der Waals surface area (Å²) < 4.78 is 13.3. The number of piperidine rings is 1. The SMILES string of the molecule is Cc1noc(C2CCN(C[C@@H]3CCO[C@H]3c3ccnn3C)CC2)n1. The van der Waals surface area contributed by atoms with Gasteiger partial charge < -0.3 is 14.2 Å². The Balaban J connectivity index is 1.34. The van der Waals surface area contributed by atoms with E-state index in [0.717, 1.165) is 57.2 Å². The summed E-state index contributed by atoms with van der Waals surface area (Å²) in [6, 6.07) is 2.08. The second-order valence-electron chi connectivity index (χ2n) is 6.97. The largest absolute Gasteiger partial charge is 0.372 e. The predicted octanol–water partition coefficient (Wildman–Crippen LogP) is 2.07. The maximum absolute atomic E-state index is 6.00. The molecule has 0 N–H and O–H groups in total. The van der Waals surface area contributed by atoms with Crippen LogP contribution < -0.4 is 0 Å². The van der Waals surface area contributed by atoms with E-state index >= 15 is 0 Å². The third kappa shape index (κ3) is 3.10. The van der Waals surface area contributed by atoms with E-state index < -0.39 is 0 Å². The fourth-order valence-electron chi connectivity index (χ4n) is 3.98. The van der Waals surface area contributed by atoms with Crippen LogP contribution in [0, 0.1) is 12.8 Å². The van der Waals surface area contributed by atoms with Crippen molar-refractivity contribution in [2.75, 3.05) is 26.2 Å². The molecule has 0 saturated carbocycles. The number of rotatable bonds is 4. The zero-order valence-electron chi connectivity index (χ0n) is 14.4. The van der Waals surface area contributed by atoms with Gasteiger partial charge in [0.1, 0.15) is 6.10 Å². The second kappa shape index (κ2) is 6.64. The highest BCUT2D eigenvalue weighted by atomic mass is 16.5. The zero-order valence-corrected chi connectivity index (χ0v) is 14.4. The minimum atomic E-state index is 0.175. The van der Waals surface area contributed by atoms with Crippen molar-refractivity contribution < 1.29 is 9.26 Å². The Kier molecular flexibility index (Phi) is 4.37. The average Bonchev–Trinajstić information content (AvgIpc) is 3.30. The highest BCUT2D eigenvalue weighted by Crippen LogP contribution is 2.36. The van der Waals surface area contributed by atoms with E-state index in [4.69, 9.17) is 9.26 Å². The molecule has 24 heavy (non-hydrogen) atoms. The lowest BCUT2D eigenvalue weighted by Gasteiger charge is -2.33. The summed E-state index contributed by atoms with van der Waals surface area (Å²) in [6.07, 6.45) is 5.33. The Bertz CT molecular complexity index is 674. The molecule has 0 unspecified atom stereocenters. The van der Waals surface area contributed by atoms with Crippen LogP contribution in [-0.2, 0) is 11.8 Å². The first kappa shape index (κ1) is 15.8. The summed E-state index contributed by atoms with van der Waals surface area (Å²) in [5, 5.41) is 8.20. The van der Waals surface area contributed by atoms with Crippen LogP contribution in [0.3, 0.4) is 0 Å². The van der Waals surface area contributed by atoms with E-state index in [1.54, 1.807) is 0 Å². The van der Waals surface area contributed by atoms with Gasteiger partial charge in [0.2, 0.25) is 5.89 Å². The summed E-state index contributed by atoms with van der Waals surface area (Å²) in [4.78, 5) is 6.95. The number of aryl methyl sites for hydroxylation is 2. The highest BCUT2D eigenvalue weighted by Gasteiger charge is 2.34. The standard InChI is InChI=1S/C17H25N5O2/c1-12-19-17(24-20-12)13-4-8-22(9-5-13)11-14-6-10-23-16(14)15-3-7-18-21(15)2/h3,7,13-14,16H,4-6,8-11H2,1-2H3/t14-,16+/m0/s1. The van der Waals surface area contributed by atoms with Crippen LogP contribution in [0.25, 0.3) is 0 Å². The lowest BCUT2D eigenvalue weighted by atomic mass is 9.93. The molecule has 0 aliphatic carbocycles. The molecule has 7 nitrogen and oxygen atoms in total. The molecule has 0 amide bonds. The number of hydrogen-bond acceptors (Lipinski definition) is 6. The molecule has 130 valence electrons. The van der Waals surface area contributed by atoms with E-state index in [2.05, 4.69) is 26.2 Å². The lowest BCUT2D eigenvalue weighted by molar-refractivity contribution is 0.0672. The fourth-order valence-corrected chi connectivity index (χ4v) is 3.98. The van der Waals surface area contributed by atoms with E-state index in [1.165, 1.54) is 5.69 Å². The molecule has 2 aromatic heterocycles. The molecule has 0 radical (unpaired) electrons. The first-order valence-electron chi connectivity index (χ1n) is 8.83. The quantitative estimate of drug-likeness (QED) is 0.854. The van der Waals surface area contributed by atoms with Crippen molar-refractivity contribution in [2.45, 2.75) is 38.2 Å². The van der Waals surface area contributed by atoms with Gasteiger partial charge in [-0.1, -0.05) is 5.16 Å². The van der Waals surface area contributed by atoms with Gasteiger partial charge in [-0.25, -0.2) is 0 Å². The molecule has 0 bridgehead atoms. The summed E-state index contributed by atoms with van der Waals surface area (Å²) in [5.41, 5.74) is 1.19. The van der Waals surface area contributed by atoms with Crippen molar-refractivity contribution in [3.63, 3.8) is 0 Å². The van der Waals surface area contributed by atoms with Crippen molar-refractivity contribution in [2.24, 2.45) is 13.0 Å². The molecule has 7 heteroatoms. The van der Waals surface area contributed by atoms with Gasteiger partial charge in [0.15, 0.2) is 5.82 Å². The number of likely N-dealkylation sites (tertiary alicyclic amines) is 1. The second-order valence-corrected chi connectivity index (χ2v) is 6.97. The Morgan fingerprint density at radius 1 is 1.25 bits per heavy atom. The molecule has 4 rings (SSSR count). The molecular weight excluding hydrogens is 306 g/mol. The lowest BCUT2D eigenvalue weighted by Crippen LogP contribution is -2.37. The van der Waals surface area contributed by atoms with E-state index in [1.807, 2.05) is 24.9 Å². The highest BCUT2D eigenvalue weighted by molar-refractivity contribution is 5.08. The van der Waals surface area contributed by atoms with Crippen molar-refractivity contribution in [3.05, 3.63) is 29.7 Å². The molecule has 2 saturated heterocycles. The van der Waals surface area contributed by atoms with Crippen molar-refractivity contribution >= 4 is 0 Å². The Hall–Kier alpha value is -1.73. The van der Waals surface area contributed by atoms with Crippen LogP contribution in [0.15, 0.2) is 16.8 Å². The number of hydrogen-bond donors (Lipinski definition) is 0. The normalized spacial score (nSPS) is 26.2. The van der Waals surface area contributed by atoms with Gasteiger partial charge in [0, 0.05) is 38.2 Å². The molecule has 0 spiro atoms. The van der Waals surface area contributed by atoms with E-state index in [9.17, 15) is 0 Å². The van der Waals surface area contributed by atoms with Gasteiger partial charge in [0.05, 0.1) is 5.69 Å². The molecule has 4 heterocycles. The Morgan fingerprint density at radius 2 is 2.08 bits per heavy atom. The minimum absolute atomic E-state index is 0.175. The van der Waals surface area contributed by atoms with Gasteiger partial charge in [-0.05, 0) is 45.3 Å². The molecule has 2 aromatic rings. The van der Waals surface area contributed by atoms with E-state index in [-0.39, 0.29) is 6.10 Å². The van der Waals surface area contributed by atoms with Crippen molar-refractivity contribution in [1.82, 2.24) is 24.8 Å². The number of nitrogens with zero attached hydrogens (tertiary/aromatic N) is 5. The third-order valence-electron chi connectivity index (χ3n) is 5.34. The summed E-state index contributed by atoms with van der Waals surface area (Å²) in [7, 11) is 1.99.